The van der Waals surface area contributed by atoms with Crippen LogP contribution in [0, 0.1) is 11.3 Å². The summed E-state index contributed by atoms with van der Waals surface area (Å²) in [5.74, 6) is 0.0773. The lowest BCUT2D eigenvalue weighted by molar-refractivity contribution is -0.139. The van der Waals surface area contributed by atoms with Crippen molar-refractivity contribution in [2.24, 2.45) is 11.3 Å². The predicted octanol–water partition coefficient (Wildman–Crippen LogP) is 2.83. The van der Waals surface area contributed by atoms with Gasteiger partial charge in [0.2, 0.25) is 5.91 Å². The Balaban J connectivity index is 1.58. The van der Waals surface area contributed by atoms with E-state index in [4.69, 9.17) is 16.3 Å². The lowest BCUT2D eigenvalue weighted by Crippen LogP contribution is -2.45. The van der Waals surface area contributed by atoms with Crippen LogP contribution in [0.25, 0.3) is 0 Å². The van der Waals surface area contributed by atoms with Gasteiger partial charge in [-0.15, -0.1) is 0 Å². The molecule has 3 heterocycles. The molecule has 0 N–H and O–H groups in total. The van der Waals surface area contributed by atoms with E-state index in [2.05, 4.69) is 0 Å². The molecule has 26 heavy (non-hydrogen) atoms. The van der Waals surface area contributed by atoms with E-state index in [-0.39, 0.29) is 23.1 Å². The molecular weight excluding hydrogens is 352 g/mol. The van der Waals surface area contributed by atoms with Gasteiger partial charge < -0.3 is 14.5 Å². The van der Waals surface area contributed by atoms with Crippen LogP contribution in [-0.4, -0.2) is 61.0 Å². The zero-order chi connectivity index (χ0) is 18.1. The topological polar surface area (TPSA) is 49.9 Å². The first kappa shape index (κ1) is 17.8. The van der Waals surface area contributed by atoms with Gasteiger partial charge in [0.05, 0.1) is 5.92 Å². The minimum atomic E-state index is -0.147. The van der Waals surface area contributed by atoms with E-state index in [1.54, 1.807) is 24.3 Å². The second kappa shape index (κ2) is 7.20. The van der Waals surface area contributed by atoms with Gasteiger partial charge in [-0.05, 0) is 43.9 Å². The van der Waals surface area contributed by atoms with E-state index in [0.717, 1.165) is 38.8 Å². The fraction of sp³-hybridized carbons (Fsp3) is 0.600. The molecule has 5 nitrogen and oxygen atoms in total. The van der Waals surface area contributed by atoms with E-state index < -0.39 is 0 Å². The van der Waals surface area contributed by atoms with Crippen molar-refractivity contribution in [1.82, 2.24) is 9.80 Å². The van der Waals surface area contributed by atoms with Crippen LogP contribution in [0.1, 0.15) is 36.0 Å². The first-order valence-electron chi connectivity index (χ1n) is 9.50. The number of nitrogens with zero attached hydrogens (tertiary/aromatic N) is 2. The van der Waals surface area contributed by atoms with Crippen molar-refractivity contribution in [3.63, 3.8) is 0 Å². The molecule has 0 aliphatic carbocycles. The van der Waals surface area contributed by atoms with Crippen molar-refractivity contribution >= 4 is 23.4 Å². The zero-order valence-corrected chi connectivity index (χ0v) is 15.7. The van der Waals surface area contributed by atoms with E-state index in [9.17, 15) is 9.59 Å². The Morgan fingerprint density at radius 1 is 1.12 bits per heavy atom. The van der Waals surface area contributed by atoms with E-state index in [1.165, 1.54) is 0 Å². The molecule has 1 aromatic rings. The number of benzene rings is 1. The highest BCUT2D eigenvalue weighted by molar-refractivity contribution is 6.30. The summed E-state index contributed by atoms with van der Waals surface area (Å²) >= 11 is 6.05. The molecule has 1 spiro atoms. The molecule has 6 heteroatoms. The molecule has 3 fully saturated rings. The average molecular weight is 377 g/mol. The van der Waals surface area contributed by atoms with Crippen molar-refractivity contribution in [1.29, 1.82) is 0 Å². The van der Waals surface area contributed by atoms with Crippen LogP contribution in [0.4, 0.5) is 0 Å². The fourth-order valence-corrected chi connectivity index (χ4v) is 4.90. The number of carbonyl (C=O) groups excluding carboxylic acids is 2. The third-order valence-electron chi connectivity index (χ3n) is 6.21. The summed E-state index contributed by atoms with van der Waals surface area (Å²) in [7, 11) is 0. The van der Waals surface area contributed by atoms with Gasteiger partial charge in [-0.2, -0.15) is 0 Å². The highest BCUT2D eigenvalue weighted by Crippen LogP contribution is 2.45. The van der Waals surface area contributed by atoms with E-state index in [0.29, 0.717) is 36.9 Å². The number of hydrogen-bond acceptors (Lipinski definition) is 3. The van der Waals surface area contributed by atoms with Gasteiger partial charge in [-0.3, -0.25) is 9.59 Å². The first-order valence-corrected chi connectivity index (χ1v) is 9.88. The molecule has 0 saturated carbocycles. The van der Waals surface area contributed by atoms with Crippen LogP contribution < -0.4 is 0 Å². The summed E-state index contributed by atoms with van der Waals surface area (Å²) < 4.78 is 5.56. The summed E-state index contributed by atoms with van der Waals surface area (Å²) in [5.41, 5.74) is 0.445. The first-order chi connectivity index (χ1) is 12.6. The second-order valence-corrected chi connectivity index (χ2v) is 8.19. The van der Waals surface area contributed by atoms with Crippen molar-refractivity contribution in [2.45, 2.75) is 25.7 Å². The quantitative estimate of drug-likeness (QED) is 0.797. The molecule has 1 unspecified atom stereocenters. The standard InChI is InChI=1S/C20H25ClN2O3/c21-16-5-3-4-15(12-16)18(24)23-13-17(19(25)22-8-1-2-9-22)20(14-23)6-10-26-11-7-20/h3-5,12,17H,1-2,6-11,13-14H2. The normalized spacial score (nSPS) is 25.0. The highest BCUT2D eigenvalue weighted by atomic mass is 35.5. The Morgan fingerprint density at radius 3 is 2.54 bits per heavy atom. The van der Waals surface area contributed by atoms with Crippen LogP contribution in [0.15, 0.2) is 24.3 Å². The van der Waals surface area contributed by atoms with Crippen molar-refractivity contribution in [3.05, 3.63) is 34.9 Å². The Hall–Kier alpha value is -1.59. The van der Waals surface area contributed by atoms with Crippen LogP contribution in [0.3, 0.4) is 0 Å². The zero-order valence-electron chi connectivity index (χ0n) is 15.0. The summed E-state index contributed by atoms with van der Waals surface area (Å²) in [6, 6.07) is 7.06. The largest absolute Gasteiger partial charge is 0.381 e. The molecule has 2 amide bonds. The number of carbonyl (C=O) groups is 2. The number of rotatable bonds is 2. The maximum Gasteiger partial charge on any atom is 0.253 e. The smallest absolute Gasteiger partial charge is 0.253 e. The van der Waals surface area contributed by atoms with Crippen LogP contribution >= 0.6 is 11.6 Å². The van der Waals surface area contributed by atoms with Gasteiger partial charge in [0, 0.05) is 55.4 Å². The van der Waals surface area contributed by atoms with Crippen LogP contribution in [0.2, 0.25) is 5.02 Å². The average Bonchev–Trinajstić information content (AvgIpc) is 3.30. The lowest BCUT2D eigenvalue weighted by Gasteiger charge is -2.38. The summed E-state index contributed by atoms with van der Waals surface area (Å²) in [6.45, 7) is 4.17. The SMILES string of the molecule is O=C(c1cccc(Cl)c1)N1CC(C(=O)N2CCCC2)C2(CCOCC2)C1. The maximum absolute atomic E-state index is 13.2. The van der Waals surface area contributed by atoms with Crippen LogP contribution in [-0.2, 0) is 9.53 Å². The van der Waals surface area contributed by atoms with Crippen LogP contribution in [0.5, 0.6) is 0 Å². The van der Waals surface area contributed by atoms with Gasteiger partial charge in [0.1, 0.15) is 0 Å². The summed E-state index contributed by atoms with van der Waals surface area (Å²) in [4.78, 5) is 30.1. The van der Waals surface area contributed by atoms with Crippen molar-refractivity contribution < 1.29 is 14.3 Å². The third kappa shape index (κ3) is 3.23. The van der Waals surface area contributed by atoms with E-state index >= 15 is 0 Å². The van der Waals surface area contributed by atoms with Gasteiger partial charge in [-0.25, -0.2) is 0 Å². The van der Waals surface area contributed by atoms with Gasteiger partial charge in [-0.1, -0.05) is 17.7 Å². The second-order valence-electron chi connectivity index (χ2n) is 7.76. The lowest BCUT2D eigenvalue weighted by atomic mass is 9.71. The maximum atomic E-state index is 13.2. The Kier molecular flexibility index (Phi) is 4.93. The van der Waals surface area contributed by atoms with Gasteiger partial charge in [0.25, 0.3) is 5.91 Å². The highest BCUT2D eigenvalue weighted by Gasteiger charge is 2.52. The van der Waals surface area contributed by atoms with Gasteiger partial charge in [0.15, 0.2) is 0 Å². The number of ether oxygens (including phenoxy) is 1. The molecule has 4 rings (SSSR count). The van der Waals surface area contributed by atoms with Crippen molar-refractivity contribution in [3.8, 4) is 0 Å². The number of amides is 2. The molecule has 140 valence electrons. The monoisotopic (exact) mass is 376 g/mol. The number of hydrogen-bond donors (Lipinski definition) is 0. The number of halogens is 1. The minimum absolute atomic E-state index is 0.0323. The van der Waals surface area contributed by atoms with E-state index in [1.807, 2.05) is 9.80 Å². The number of likely N-dealkylation sites (tertiary alicyclic amines) is 2. The third-order valence-corrected chi connectivity index (χ3v) is 6.45. The molecule has 3 aliphatic heterocycles. The molecule has 0 radical (unpaired) electrons. The predicted molar refractivity (Wildman–Crippen MR) is 99.1 cm³/mol. The van der Waals surface area contributed by atoms with Crippen molar-refractivity contribution in [2.75, 3.05) is 39.4 Å². The molecule has 0 bridgehead atoms. The molecule has 0 aromatic heterocycles. The summed E-state index contributed by atoms with van der Waals surface area (Å²) in [5, 5.41) is 0.556. The minimum Gasteiger partial charge on any atom is -0.381 e. The Bertz CT molecular complexity index is 696. The molecule has 1 aromatic carbocycles. The van der Waals surface area contributed by atoms with Gasteiger partial charge >= 0.3 is 0 Å². The fourth-order valence-electron chi connectivity index (χ4n) is 4.71. The molecular formula is C20H25ClN2O3. The molecule has 3 saturated heterocycles. The summed E-state index contributed by atoms with van der Waals surface area (Å²) in [6.07, 6.45) is 3.85. The Labute approximate surface area is 159 Å². The Morgan fingerprint density at radius 2 is 1.85 bits per heavy atom. The molecule has 1 atom stereocenters. The molecule has 3 aliphatic rings.